The lowest BCUT2D eigenvalue weighted by Gasteiger charge is -2.16. The first kappa shape index (κ1) is 15.7. The Kier molecular flexibility index (Phi) is 6.03. The third-order valence-corrected chi connectivity index (χ3v) is 3.12. The largest absolute Gasteiger partial charge is 0.330 e. The lowest BCUT2D eigenvalue weighted by Crippen LogP contribution is -2.23. The minimum Gasteiger partial charge on any atom is -0.330 e. The lowest BCUT2D eigenvalue weighted by molar-refractivity contribution is -0.117. The first-order chi connectivity index (χ1) is 8.90. The number of carbonyl (C=O) groups excluding carboxylic acids is 1. The van der Waals surface area contributed by atoms with E-state index in [9.17, 15) is 4.79 Å². The van der Waals surface area contributed by atoms with Crippen LogP contribution in [0, 0.1) is 25.7 Å². The summed E-state index contributed by atoms with van der Waals surface area (Å²) in [4.78, 5) is 12.0. The maximum absolute atomic E-state index is 12.0. The molecule has 1 aromatic carbocycles. The Morgan fingerprint density at radius 1 is 1.21 bits per heavy atom. The van der Waals surface area contributed by atoms with Gasteiger partial charge in [-0.15, -0.1) is 0 Å². The fraction of sp³-hybridized carbons (Fsp3) is 0.562. The fourth-order valence-corrected chi connectivity index (χ4v) is 2.45. The van der Waals surface area contributed by atoms with Gasteiger partial charge in [-0.2, -0.15) is 0 Å². The first-order valence-electron chi connectivity index (χ1n) is 6.99. The van der Waals surface area contributed by atoms with Crippen LogP contribution in [0.15, 0.2) is 18.2 Å². The Balaban J connectivity index is 2.58. The van der Waals surface area contributed by atoms with Gasteiger partial charge in [0.2, 0.25) is 5.91 Å². The molecular weight excluding hydrogens is 236 g/mol. The molecule has 0 aliphatic rings. The second kappa shape index (κ2) is 7.29. The van der Waals surface area contributed by atoms with Crippen LogP contribution in [-0.4, -0.2) is 12.5 Å². The molecule has 3 heteroatoms. The Hall–Kier alpha value is -1.35. The molecule has 0 fully saturated rings. The smallest absolute Gasteiger partial charge is 0.224 e. The number of anilines is 1. The van der Waals surface area contributed by atoms with Crippen LogP contribution in [0.25, 0.3) is 0 Å². The predicted molar refractivity (Wildman–Crippen MR) is 81.2 cm³/mol. The van der Waals surface area contributed by atoms with E-state index in [1.165, 1.54) is 0 Å². The van der Waals surface area contributed by atoms with Crippen molar-refractivity contribution in [3.63, 3.8) is 0 Å². The van der Waals surface area contributed by atoms with E-state index in [4.69, 9.17) is 5.73 Å². The van der Waals surface area contributed by atoms with Crippen LogP contribution < -0.4 is 11.1 Å². The number of rotatable bonds is 6. The molecule has 3 N–H and O–H groups in total. The second-order valence-electron chi connectivity index (χ2n) is 5.86. The zero-order valence-electron chi connectivity index (χ0n) is 12.5. The SMILES string of the molecule is Cc1cc(C)cc(NC(=O)CC(CN)CC(C)C)c1. The van der Waals surface area contributed by atoms with E-state index in [1.807, 2.05) is 26.0 Å². The van der Waals surface area contributed by atoms with Gasteiger partial charge in [0.05, 0.1) is 0 Å². The van der Waals surface area contributed by atoms with Gasteiger partial charge in [-0.05, 0) is 61.9 Å². The zero-order valence-corrected chi connectivity index (χ0v) is 12.5. The van der Waals surface area contributed by atoms with Crippen LogP contribution in [0.2, 0.25) is 0 Å². The highest BCUT2D eigenvalue weighted by Gasteiger charge is 2.14. The molecule has 0 aliphatic heterocycles. The highest BCUT2D eigenvalue weighted by Crippen LogP contribution is 2.17. The monoisotopic (exact) mass is 262 g/mol. The minimum atomic E-state index is 0.0566. The van der Waals surface area contributed by atoms with E-state index in [0.29, 0.717) is 18.9 Å². The summed E-state index contributed by atoms with van der Waals surface area (Å²) in [5.74, 6) is 0.898. The molecule has 1 aromatic rings. The average molecular weight is 262 g/mol. The molecule has 0 aliphatic carbocycles. The van der Waals surface area contributed by atoms with E-state index in [-0.39, 0.29) is 11.8 Å². The summed E-state index contributed by atoms with van der Waals surface area (Å²) in [7, 11) is 0. The van der Waals surface area contributed by atoms with Crippen LogP contribution in [0.1, 0.15) is 37.8 Å². The lowest BCUT2D eigenvalue weighted by atomic mass is 9.94. The van der Waals surface area contributed by atoms with Crippen LogP contribution >= 0.6 is 0 Å². The fourth-order valence-electron chi connectivity index (χ4n) is 2.45. The number of nitrogens with two attached hydrogens (primary N) is 1. The van der Waals surface area contributed by atoms with E-state index in [1.54, 1.807) is 0 Å². The van der Waals surface area contributed by atoms with Gasteiger partial charge in [0.25, 0.3) is 0 Å². The standard InChI is InChI=1S/C16H26N2O/c1-11(2)5-14(10-17)9-16(19)18-15-7-12(3)6-13(4)8-15/h6-8,11,14H,5,9-10,17H2,1-4H3,(H,18,19). The summed E-state index contributed by atoms with van der Waals surface area (Å²) >= 11 is 0. The van der Waals surface area contributed by atoms with Crippen LogP contribution in [0.4, 0.5) is 5.69 Å². The van der Waals surface area contributed by atoms with Crippen molar-refractivity contribution in [3.8, 4) is 0 Å². The van der Waals surface area contributed by atoms with Gasteiger partial charge in [0.1, 0.15) is 0 Å². The van der Waals surface area contributed by atoms with Crippen molar-refractivity contribution in [2.45, 2.75) is 40.5 Å². The number of hydrogen-bond acceptors (Lipinski definition) is 2. The third-order valence-electron chi connectivity index (χ3n) is 3.12. The van der Waals surface area contributed by atoms with Gasteiger partial charge in [-0.25, -0.2) is 0 Å². The number of benzene rings is 1. The molecule has 3 nitrogen and oxygen atoms in total. The van der Waals surface area contributed by atoms with Crippen molar-refractivity contribution in [3.05, 3.63) is 29.3 Å². The van der Waals surface area contributed by atoms with Gasteiger partial charge >= 0.3 is 0 Å². The molecule has 0 aromatic heterocycles. The summed E-state index contributed by atoms with van der Waals surface area (Å²) in [6.45, 7) is 8.95. The van der Waals surface area contributed by atoms with E-state index in [0.717, 1.165) is 23.2 Å². The number of aryl methyl sites for hydroxylation is 2. The molecule has 1 amide bonds. The third kappa shape index (κ3) is 5.88. The summed E-state index contributed by atoms with van der Waals surface area (Å²) in [5.41, 5.74) is 8.93. The van der Waals surface area contributed by atoms with Crippen LogP contribution in [0.3, 0.4) is 0 Å². The summed E-state index contributed by atoms with van der Waals surface area (Å²) in [5, 5.41) is 2.97. The van der Waals surface area contributed by atoms with E-state index in [2.05, 4.69) is 25.2 Å². The Bertz CT molecular complexity index is 407. The number of hydrogen-bond donors (Lipinski definition) is 2. The van der Waals surface area contributed by atoms with Crippen molar-refractivity contribution in [2.75, 3.05) is 11.9 Å². The van der Waals surface area contributed by atoms with Gasteiger partial charge in [0.15, 0.2) is 0 Å². The topological polar surface area (TPSA) is 55.1 Å². The number of amides is 1. The van der Waals surface area contributed by atoms with E-state index >= 15 is 0 Å². The summed E-state index contributed by atoms with van der Waals surface area (Å²) in [6, 6.07) is 6.08. The minimum absolute atomic E-state index is 0.0566. The molecule has 0 radical (unpaired) electrons. The van der Waals surface area contributed by atoms with Crippen molar-refractivity contribution >= 4 is 11.6 Å². The average Bonchev–Trinajstić information content (AvgIpc) is 2.25. The molecule has 0 spiro atoms. The zero-order chi connectivity index (χ0) is 14.4. The maximum Gasteiger partial charge on any atom is 0.224 e. The highest BCUT2D eigenvalue weighted by molar-refractivity contribution is 5.91. The normalized spacial score (nSPS) is 12.5. The summed E-state index contributed by atoms with van der Waals surface area (Å²) < 4.78 is 0. The maximum atomic E-state index is 12.0. The van der Waals surface area contributed by atoms with Crippen molar-refractivity contribution in [1.82, 2.24) is 0 Å². The molecule has 1 rings (SSSR count). The van der Waals surface area contributed by atoms with Crippen LogP contribution in [0.5, 0.6) is 0 Å². The number of nitrogens with one attached hydrogen (secondary N) is 1. The molecule has 1 unspecified atom stereocenters. The van der Waals surface area contributed by atoms with Crippen LogP contribution in [-0.2, 0) is 4.79 Å². The van der Waals surface area contributed by atoms with Crippen molar-refractivity contribution in [2.24, 2.45) is 17.6 Å². The second-order valence-corrected chi connectivity index (χ2v) is 5.86. The molecule has 1 atom stereocenters. The highest BCUT2D eigenvalue weighted by atomic mass is 16.1. The molecular formula is C16H26N2O. The van der Waals surface area contributed by atoms with E-state index < -0.39 is 0 Å². The molecule has 0 saturated heterocycles. The molecule has 106 valence electrons. The molecule has 19 heavy (non-hydrogen) atoms. The summed E-state index contributed by atoms with van der Waals surface area (Å²) in [6.07, 6.45) is 1.50. The Labute approximate surface area is 116 Å². The molecule has 0 heterocycles. The van der Waals surface area contributed by atoms with Crippen molar-refractivity contribution in [1.29, 1.82) is 0 Å². The molecule has 0 saturated carbocycles. The first-order valence-corrected chi connectivity index (χ1v) is 6.99. The Morgan fingerprint density at radius 2 is 1.79 bits per heavy atom. The van der Waals surface area contributed by atoms with Gasteiger partial charge < -0.3 is 11.1 Å². The van der Waals surface area contributed by atoms with Crippen molar-refractivity contribution < 1.29 is 4.79 Å². The quantitative estimate of drug-likeness (QED) is 0.826. The van der Waals surface area contributed by atoms with Gasteiger partial charge in [0, 0.05) is 12.1 Å². The molecule has 0 bridgehead atoms. The van der Waals surface area contributed by atoms with Gasteiger partial charge in [-0.1, -0.05) is 19.9 Å². The number of carbonyl (C=O) groups is 1. The Morgan fingerprint density at radius 3 is 2.26 bits per heavy atom. The predicted octanol–water partition coefficient (Wildman–Crippen LogP) is 3.25. The van der Waals surface area contributed by atoms with Gasteiger partial charge in [-0.3, -0.25) is 4.79 Å².